The molecule has 0 radical (unpaired) electrons. The number of aryl methyl sites for hydroxylation is 1. The fourth-order valence-corrected chi connectivity index (χ4v) is 3.03. The topological polar surface area (TPSA) is 101 Å². The molecule has 9 heteroatoms. The van der Waals surface area contributed by atoms with E-state index in [1.165, 1.54) is 23.7 Å². The van der Waals surface area contributed by atoms with Gasteiger partial charge in [0.2, 0.25) is 0 Å². The predicted molar refractivity (Wildman–Crippen MR) is 77.2 cm³/mol. The van der Waals surface area contributed by atoms with Gasteiger partial charge in [0.15, 0.2) is 5.82 Å². The molecule has 0 spiro atoms. The maximum absolute atomic E-state index is 12.2. The van der Waals surface area contributed by atoms with Gasteiger partial charge in [0.05, 0.1) is 10.5 Å². The summed E-state index contributed by atoms with van der Waals surface area (Å²) in [7, 11) is -2.33. The van der Waals surface area contributed by atoms with Gasteiger partial charge >= 0.3 is 5.97 Å². The number of carbonyl (C=O) groups is 1. The smallest absolute Gasteiger partial charge is 0.336 e. The molecule has 0 unspecified atom stereocenters. The number of carboxylic acid groups (broad SMARTS) is 1. The maximum Gasteiger partial charge on any atom is 0.336 e. The van der Waals surface area contributed by atoms with Gasteiger partial charge in [-0.2, -0.15) is 5.10 Å². The summed E-state index contributed by atoms with van der Waals surface area (Å²) in [6.45, 7) is 1.51. The van der Waals surface area contributed by atoms with E-state index in [9.17, 15) is 13.2 Å². The molecule has 2 aromatic rings. The largest absolute Gasteiger partial charge is 0.478 e. The van der Waals surface area contributed by atoms with E-state index in [1.807, 2.05) is 0 Å². The van der Waals surface area contributed by atoms with Crippen LogP contribution in [0.25, 0.3) is 0 Å². The summed E-state index contributed by atoms with van der Waals surface area (Å²) in [5, 5.41) is 13.0. The summed E-state index contributed by atoms with van der Waals surface area (Å²) < 4.78 is 28.2. The van der Waals surface area contributed by atoms with Crippen molar-refractivity contribution in [3.8, 4) is 0 Å². The molecule has 0 amide bonds. The average molecular weight is 330 g/mol. The van der Waals surface area contributed by atoms with Gasteiger partial charge < -0.3 is 5.11 Å². The van der Waals surface area contributed by atoms with Crippen LogP contribution in [0.2, 0.25) is 5.02 Å². The van der Waals surface area contributed by atoms with Crippen molar-refractivity contribution in [2.75, 3.05) is 4.72 Å². The number of nitrogens with zero attached hydrogens (tertiary/aromatic N) is 2. The van der Waals surface area contributed by atoms with Crippen molar-refractivity contribution >= 4 is 33.4 Å². The van der Waals surface area contributed by atoms with Crippen LogP contribution in [-0.4, -0.2) is 29.3 Å². The third kappa shape index (κ3) is 3.17. The molecule has 7 nitrogen and oxygen atoms in total. The molecule has 0 fully saturated rings. The summed E-state index contributed by atoms with van der Waals surface area (Å²) in [6, 6.07) is 3.74. The first kappa shape index (κ1) is 15.3. The second-order valence-corrected chi connectivity index (χ2v) is 6.45. The highest BCUT2D eigenvalue weighted by molar-refractivity contribution is 7.92. The standard InChI is InChI=1S/C12H12ClN3O4S/c1-7-9(12(17)18)5-8(6-10(7)13)21(19,20)15-11-3-4-16(2)14-11/h3-6H,1-2H3,(H,14,15)(H,17,18). The Balaban J connectivity index is 2.47. The Bertz CT molecular complexity index is 814. The first-order chi connectivity index (χ1) is 9.70. The van der Waals surface area contributed by atoms with E-state index in [0.29, 0.717) is 5.56 Å². The summed E-state index contributed by atoms with van der Waals surface area (Å²) in [5.41, 5.74) is 0.143. The van der Waals surface area contributed by atoms with Crippen LogP contribution in [0.15, 0.2) is 29.3 Å². The Hall–Kier alpha value is -2.06. The number of anilines is 1. The average Bonchev–Trinajstić information content (AvgIpc) is 2.76. The van der Waals surface area contributed by atoms with E-state index in [-0.39, 0.29) is 21.3 Å². The molecule has 1 heterocycles. The van der Waals surface area contributed by atoms with Crippen LogP contribution >= 0.6 is 11.6 Å². The molecule has 2 N–H and O–H groups in total. The van der Waals surface area contributed by atoms with Crippen LogP contribution in [0, 0.1) is 6.92 Å². The van der Waals surface area contributed by atoms with Gasteiger partial charge in [0.1, 0.15) is 0 Å². The lowest BCUT2D eigenvalue weighted by Crippen LogP contribution is -2.15. The van der Waals surface area contributed by atoms with Gasteiger partial charge in [-0.1, -0.05) is 11.6 Å². The highest BCUT2D eigenvalue weighted by Gasteiger charge is 2.21. The number of rotatable bonds is 4. The molecule has 2 rings (SSSR count). The lowest BCUT2D eigenvalue weighted by Gasteiger charge is -2.09. The van der Waals surface area contributed by atoms with Crippen molar-refractivity contribution < 1.29 is 18.3 Å². The number of hydrogen-bond donors (Lipinski definition) is 2. The van der Waals surface area contributed by atoms with Gasteiger partial charge in [0, 0.05) is 24.3 Å². The maximum atomic E-state index is 12.2. The molecule has 0 saturated carbocycles. The highest BCUT2D eigenvalue weighted by atomic mass is 35.5. The Morgan fingerprint density at radius 2 is 2.10 bits per heavy atom. The monoisotopic (exact) mass is 329 g/mol. The molecule has 0 aliphatic heterocycles. The van der Waals surface area contributed by atoms with E-state index in [0.717, 1.165) is 6.07 Å². The molecule has 0 atom stereocenters. The summed E-state index contributed by atoms with van der Waals surface area (Å²) in [5.74, 6) is -1.12. The molecule has 0 aliphatic rings. The van der Waals surface area contributed by atoms with Gasteiger partial charge in [-0.25, -0.2) is 13.2 Å². The third-order valence-electron chi connectivity index (χ3n) is 2.81. The number of carboxylic acids is 1. The van der Waals surface area contributed by atoms with Crippen molar-refractivity contribution in [1.82, 2.24) is 9.78 Å². The van der Waals surface area contributed by atoms with Gasteiger partial charge in [0.25, 0.3) is 10.0 Å². The molecule has 0 saturated heterocycles. The summed E-state index contributed by atoms with van der Waals surface area (Å²) in [6.07, 6.45) is 1.57. The van der Waals surface area contributed by atoms with Gasteiger partial charge in [-0.05, 0) is 24.6 Å². The fourth-order valence-electron chi connectivity index (χ4n) is 1.70. The third-order valence-corrected chi connectivity index (χ3v) is 4.54. The Morgan fingerprint density at radius 3 is 2.62 bits per heavy atom. The molecular weight excluding hydrogens is 318 g/mol. The molecule has 1 aromatic heterocycles. The first-order valence-electron chi connectivity index (χ1n) is 5.76. The van der Waals surface area contributed by atoms with E-state index in [1.54, 1.807) is 13.2 Å². The zero-order chi connectivity index (χ0) is 15.8. The minimum absolute atomic E-state index is 0.0660. The van der Waals surface area contributed by atoms with E-state index in [4.69, 9.17) is 16.7 Å². The minimum atomic E-state index is -3.97. The highest BCUT2D eigenvalue weighted by Crippen LogP contribution is 2.25. The first-order valence-corrected chi connectivity index (χ1v) is 7.63. The molecule has 0 aliphatic carbocycles. The summed E-state index contributed by atoms with van der Waals surface area (Å²) in [4.78, 5) is 10.9. The zero-order valence-electron chi connectivity index (χ0n) is 11.2. The SMILES string of the molecule is Cc1c(Cl)cc(S(=O)(=O)Nc2ccn(C)n2)cc1C(=O)O. The predicted octanol–water partition coefficient (Wildman–Crippen LogP) is 1.88. The van der Waals surface area contributed by atoms with E-state index < -0.39 is 16.0 Å². The van der Waals surface area contributed by atoms with Crippen molar-refractivity contribution in [2.45, 2.75) is 11.8 Å². The van der Waals surface area contributed by atoms with Crippen LogP contribution in [0.4, 0.5) is 5.82 Å². The van der Waals surface area contributed by atoms with E-state index in [2.05, 4.69) is 9.82 Å². The summed E-state index contributed by atoms with van der Waals surface area (Å²) >= 11 is 5.90. The lowest BCUT2D eigenvalue weighted by atomic mass is 10.1. The molecule has 112 valence electrons. The molecule has 0 bridgehead atoms. The van der Waals surface area contributed by atoms with Crippen molar-refractivity contribution in [1.29, 1.82) is 0 Å². The van der Waals surface area contributed by atoms with Crippen LogP contribution < -0.4 is 4.72 Å². The molecular formula is C12H12ClN3O4S. The second kappa shape index (κ2) is 5.38. The number of nitrogens with one attached hydrogen (secondary N) is 1. The lowest BCUT2D eigenvalue weighted by molar-refractivity contribution is 0.0696. The van der Waals surface area contributed by atoms with Crippen LogP contribution in [-0.2, 0) is 17.1 Å². The second-order valence-electron chi connectivity index (χ2n) is 4.36. The van der Waals surface area contributed by atoms with Crippen molar-refractivity contribution in [3.05, 3.63) is 40.5 Å². The number of sulfonamides is 1. The van der Waals surface area contributed by atoms with Gasteiger partial charge in [-0.15, -0.1) is 0 Å². The molecule has 21 heavy (non-hydrogen) atoms. The van der Waals surface area contributed by atoms with Gasteiger partial charge in [-0.3, -0.25) is 9.40 Å². The van der Waals surface area contributed by atoms with Crippen LogP contribution in [0.1, 0.15) is 15.9 Å². The minimum Gasteiger partial charge on any atom is -0.478 e. The van der Waals surface area contributed by atoms with Crippen molar-refractivity contribution in [3.63, 3.8) is 0 Å². The van der Waals surface area contributed by atoms with Crippen LogP contribution in [0.5, 0.6) is 0 Å². The quantitative estimate of drug-likeness (QED) is 0.891. The number of benzene rings is 1. The fraction of sp³-hybridized carbons (Fsp3) is 0.167. The molecule has 1 aromatic carbocycles. The van der Waals surface area contributed by atoms with Crippen LogP contribution in [0.3, 0.4) is 0 Å². The Kier molecular flexibility index (Phi) is 3.93. The number of halogens is 1. The number of aromatic nitrogens is 2. The number of aromatic carboxylic acids is 1. The number of hydrogen-bond acceptors (Lipinski definition) is 4. The normalized spacial score (nSPS) is 11.4. The van der Waals surface area contributed by atoms with Crippen molar-refractivity contribution in [2.24, 2.45) is 7.05 Å². The Morgan fingerprint density at radius 1 is 1.43 bits per heavy atom. The Labute approximate surface area is 126 Å². The van der Waals surface area contributed by atoms with E-state index >= 15 is 0 Å². The zero-order valence-corrected chi connectivity index (χ0v) is 12.7.